The van der Waals surface area contributed by atoms with Crippen molar-refractivity contribution in [3.05, 3.63) is 59.4 Å². The number of fused-ring (bicyclic) bond motifs is 1. The largest absolute Gasteiger partial charge is 0.351 e. The SMILES string of the molecule is CC(C)(C)c1ccc(N(C(=O)[C@H]2CCCN2)C2(C(=O)NC3CCCCC3)CCc3ccncc32)cc1. The molecule has 6 heteroatoms. The van der Waals surface area contributed by atoms with E-state index in [1.54, 1.807) is 6.20 Å². The zero-order chi connectivity index (χ0) is 25.3. The lowest BCUT2D eigenvalue weighted by molar-refractivity contribution is -0.132. The molecule has 36 heavy (non-hydrogen) atoms. The zero-order valence-electron chi connectivity index (χ0n) is 22.0. The number of rotatable bonds is 5. The molecule has 2 atom stereocenters. The molecular formula is C30H40N4O2. The Balaban J connectivity index is 1.62. The van der Waals surface area contributed by atoms with Crippen LogP contribution < -0.4 is 15.5 Å². The van der Waals surface area contributed by atoms with Crippen molar-refractivity contribution in [3.63, 3.8) is 0 Å². The van der Waals surface area contributed by atoms with Crippen LogP contribution in [0.25, 0.3) is 0 Å². The third kappa shape index (κ3) is 4.56. The number of aromatic nitrogens is 1. The smallest absolute Gasteiger partial charge is 0.251 e. The zero-order valence-corrected chi connectivity index (χ0v) is 22.0. The molecule has 1 aliphatic heterocycles. The van der Waals surface area contributed by atoms with Crippen LogP contribution in [0.5, 0.6) is 0 Å². The van der Waals surface area contributed by atoms with E-state index in [2.05, 4.69) is 48.5 Å². The van der Waals surface area contributed by atoms with Gasteiger partial charge in [-0.25, -0.2) is 0 Å². The molecule has 2 aromatic rings. The fraction of sp³-hybridized carbons (Fsp3) is 0.567. The van der Waals surface area contributed by atoms with Gasteiger partial charge in [-0.05, 0) is 79.8 Å². The Labute approximate surface area is 215 Å². The minimum atomic E-state index is -1.11. The summed E-state index contributed by atoms with van der Waals surface area (Å²) in [6, 6.07) is 10.1. The highest BCUT2D eigenvalue weighted by molar-refractivity contribution is 6.07. The van der Waals surface area contributed by atoms with Gasteiger partial charge >= 0.3 is 0 Å². The van der Waals surface area contributed by atoms with Crippen molar-refractivity contribution in [1.82, 2.24) is 15.6 Å². The minimum absolute atomic E-state index is 0.000297. The number of hydrogen-bond acceptors (Lipinski definition) is 4. The molecule has 192 valence electrons. The lowest BCUT2D eigenvalue weighted by atomic mass is 9.85. The Bertz CT molecular complexity index is 1090. The molecule has 1 aromatic heterocycles. The predicted octanol–water partition coefficient (Wildman–Crippen LogP) is 4.75. The lowest BCUT2D eigenvalue weighted by Crippen LogP contribution is -2.62. The molecular weight excluding hydrogens is 448 g/mol. The van der Waals surface area contributed by atoms with E-state index in [9.17, 15) is 9.59 Å². The van der Waals surface area contributed by atoms with E-state index >= 15 is 0 Å². The number of benzene rings is 1. The number of anilines is 1. The molecule has 1 saturated carbocycles. The summed E-state index contributed by atoms with van der Waals surface area (Å²) < 4.78 is 0. The number of hydrogen-bond donors (Lipinski definition) is 2. The highest BCUT2D eigenvalue weighted by atomic mass is 16.2. The minimum Gasteiger partial charge on any atom is -0.351 e. The van der Waals surface area contributed by atoms with Crippen LogP contribution in [0.3, 0.4) is 0 Å². The maximum Gasteiger partial charge on any atom is 0.251 e. The molecule has 1 aromatic carbocycles. The van der Waals surface area contributed by atoms with Crippen molar-refractivity contribution in [1.29, 1.82) is 0 Å². The molecule has 3 aliphatic rings. The van der Waals surface area contributed by atoms with Gasteiger partial charge in [0.25, 0.3) is 5.91 Å². The molecule has 2 N–H and O–H groups in total. The van der Waals surface area contributed by atoms with Crippen LogP contribution in [0.1, 0.15) is 88.8 Å². The van der Waals surface area contributed by atoms with E-state index in [1.807, 2.05) is 29.3 Å². The van der Waals surface area contributed by atoms with Crippen LogP contribution in [0, 0.1) is 0 Å². The quantitative estimate of drug-likeness (QED) is 0.637. The second kappa shape index (κ2) is 9.97. The molecule has 0 radical (unpaired) electrons. The fourth-order valence-corrected chi connectivity index (χ4v) is 6.28. The first-order chi connectivity index (χ1) is 17.3. The summed E-state index contributed by atoms with van der Waals surface area (Å²) in [6.07, 6.45) is 12.2. The van der Waals surface area contributed by atoms with Gasteiger partial charge in [0.05, 0.1) is 6.04 Å². The molecule has 6 nitrogen and oxygen atoms in total. The van der Waals surface area contributed by atoms with Crippen molar-refractivity contribution in [2.75, 3.05) is 11.4 Å². The first-order valence-electron chi connectivity index (χ1n) is 13.7. The number of nitrogens with one attached hydrogen (secondary N) is 2. The Kier molecular flexibility index (Phi) is 6.90. The molecule has 2 aliphatic carbocycles. The molecule has 2 amide bonds. The van der Waals surface area contributed by atoms with Crippen LogP contribution in [-0.4, -0.2) is 35.4 Å². The number of amides is 2. The van der Waals surface area contributed by atoms with E-state index in [0.717, 1.165) is 68.3 Å². The van der Waals surface area contributed by atoms with Crippen molar-refractivity contribution >= 4 is 17.5 Å². The maximum atomic E-state index is 14.4. The molecule has 1 unspecified atom stereocenters. The van der Waals surface area contributed by atoms with Gasteiger partial charge in [0.1, 0.15) is 0 Å². The van der Waals surface area contributed by atoms with Gasteiger partial charge in [-0.15, -0.1) is 0 Å². The number of nitrogens with zero attached hydrogens (tertiary/aromatic N) is 2. The number of pyridine rings is 1. The molecule has 2 heterocycles. The van der Waals surface area contributed by atoms with Crippen molar-refractivity contribution in [3.8, 4) is 0 Å². The van der Waals surface area contributed by atoms with Gasteiger partial charge in [-0.1, -0.05) is 52.2 Å². The first-order valence-corrected chi connectivity index (χ1v) is 13.7. The van der Waals surface area contributed by atoms with Crippen LogP contribution in [0.2, 0.25) is 0 Å². The standard InChI is InChI=1S/C30H40N4O2/c1-29(2,3)22-11-13-24(14-12-22)34(27(35)26-10-7-18-32-26)30(17-15-21-16-19-31-20-25(21)30)28(36)33-23-8-5-4-6-9-23/h11-14,16,19-20,23,26,32H,4-10,15,17-18H2,1-3H3,(H,33,36)/t26-,30?/m1/s1. The van der Waals surface area contributed by atoms with Crippen LogP contribution >= 0.6 is 0 Å². The molecule has 1 saturated heterocycles. The summed E-state index contributed by atoms with van der Waals surface area (Å²) in [7, 11) is 0. The monoisotopic (exact) mass is 488 g/mol. The highest BCUT2D eigenvalue weighted by Gasteiger charge is 2.54. The normalized spacial score (nSPS) is 24.4. The van der Waals surface area contributed by atoms with Crippen LogP contribution in [0.4, 0.5) is 5.69 Å². The average molecular weight is 489 g/mol. The van der Waals surface area contributed by atoms with Gasteiger partial charge in [0.2, 0.25) is 5.91 Å². The predicted molar refractivity (Wildman–Crippen MR) is 143 cm³/mol. The Morgan fingerprint density at radius 2 is 1.78 bits per heavy atom. The van der Waals surface area contributed by atoms with Crippen LogP contribution in [-0.2, 0) is 27.0 Å². The summed E-state index contributed by atoms with van der Waals surface area (Å²) in [6.45, 7) is 7.38. The van der Waals surface area contributed by atoms with Gasteiger partial charge in [-0.2, -0.15) is 0 Å². The van der Waals surface area contributed by atoms with E-state index in [-0.39, 0.29) is 29.3 Å². The van der Waals surface area contributed by atoms with E-state index in [1.165, 1.54) is 12.0 Å². The van der Waals surface area contributed by atoms with Crippen molar-refractivity contribution in [2.45, 2.75) is 102 Å². The number of carbonyl (C=O) groups is 2. The van der Waals surface area contributed by atoms with Gasteiger partial charge in [0, 0.05) is 29.7 Å². The summed E-state index contributed by atoms with van der Waals surface area (Å²) in [5, 5.41) is 6.78. The fourth-order valence-electron chi connectivity index (χ4n) is 6.28. The van der Waals surface area contributed by atoms with Crippen molar-refractivity contribution < 1.29 is 9.59 Å². The Morgan fingerprint density at radius 1 is 1.03 bits per heavy atom. The first kappa shape index (κ1) is 24.9. The van der Waals surface area contributed by atoms with Crippen molar-refractivity contribution in [2.24, 2.45) is 0 Å². The average Bonchev–Trinajstić information content (AvgIpc) is 3.54. The summed E-state index contributed by atoms with van der Waals surface area (Å²) in [5.74, 6) is -0.0844. The van der Waals surface area contributed by atoms with Gasteiger partial charge in [0.15, 0.2) is 5.54 Å². The third-order valence-electron chi connectivity index (χ3n) is 8.38. The Hall–Kier alpha value is -2.73. The van der Waals surface area contributed by atoms with E-state index < -0.39 is 5.54 Å². The second-order valence-corrected chi connectivity index (χ2v) is 11.8. The number of carbonyl (C=O) groups excluding carboxylic acids is 2. The second-order valence-electron chi connectivity index (χ2n) is 11.8. The van der Waals surface area contributed by atoms with E-state index in [0.29, 0.717) is 6.42 Å². The molecule has 0 bridgehead atoms. The molecule has 0 spiro atoms. The van der Waals surface area contributed by atoms with Crippen LogP contribution in [0.15, 0.2) is 42.7 Å². The summed E-state index contributed by atoms with van der Waals surface area (Å²) in [4.78, 5) is 34.9. The molecule has 2 fully saturated rings. The van der Waals surface area contributed by atoms with Gasteiger partial charge < -0.3 is 10.6 Å². The Morgan fingerprint density at radius 3 is 2.44 bits per heavy atom. The van der Waals surface area contributed by atoms with E-state index in [4.69, 9.17) is 0 Å². The molecule has 5 rings (SSSR count). The third-order valence-corrected chi connectivity index (χ3v) is 8.38. The maximum absolute atomic E-state index is 14.4. The summed E-state index contributed by atoms with van der Waals surface area (Å²) >= 11 is 0. The van der Waals surface area contributed by atoms with Gasteiger partial charge in [-0.3, -0.25) is 19.5 Å². The number of aryl methyl sites for hydroxylation is 1. The topological polar surface area (TPSA) is 74.3 Å². The summed E-state index contributed by atoms with van der Waals surface area (Å²) in [5.41, 5.74) is 2.84. The lowest BCUT2D eigenvalue weighted by Gasteiger charge is -2.43. The highest BCUT2D eigenvalue weighted by Crippen LogP contribution is 2.45.